The topological polar surface area (TPSA) is 35.5 Å². The standard InChI is InChI=1S/C21H34O3/c1-13-11-18-17-6-5-14-12-21(23-3,24-4)10-8-15(14)16(17)7-9-20(18,2)19(13)22/h13-18H,5-12H2,1-4H3. The van der Waals surface area contributed by atoms with Crippen molar-refractivity contribution in [1.29, 1.82) is 0 Å². The first-order valence-corrected chi connectivity index (χ1v) is 10.1. The Kier molecular flexibility index (Phi) is 4.12. The lowest BCUT2D eigenvalue weighted by atomic mass is 9.50. The fourth-order valence-electron chi connectivity index (χ4n) is 7.39. The van der Waals surface area contributed by atoms with E-state index < -0.39 is 0 Å². The van der Waals surface area contributed by atoms with Crippen molar-refractivity contribution in [3.63, 3.8) is 0 Å². The number of carbonyl (C=O) groups excluding carboxylic acids is 1. The van der Waals surface area contributed by atoms with Crippen LogP contribution in [0.5, 0.6) is 0 Å². The molecule has 24 heavy (non-hydrogen) atoms. The lowest BCUT2D eigenvalue weighted by Gasteiger charge is -2.56. The molecule has 0 heterocycles. The molecule has 0 amide bonds. The molecular weight excluding hydrogens is 300 g/mol. The summed E-state index contributed by atoms with van der Waals surface area (Å²) in [6, 6.07) is 0. The van der Waals surface area contributed by atoms with Gasteiger partial charge in [-0.3, -0.25) is 4.79 Å². The van der Waals surface area contributed by atoms with Gasteiger partial charge in [-0.15, -0.1) is 0 Å². The molecule has 0 N–H and O–H groups in total. The maximum absolute atomic E-state index is 12.7. The molecule has 0 saturated heterocycles. The number of hydrogen-bond acceptors (Lipinski definition) is 3. The fourth-order valence-corrected chi connectivity index (χ4v) is 7.39. The third-order valence-electron chi connectivity index (χ3n) is 8.70. The number of Topliss-reactive ketones (excluding diaryl/α,β-unsaturated/α-hetero) is 1. The Hall–Kier alpha value is -0.410. The quantitative estimate of drug-likeness (QED) is 0.700. The Morgan fingerprint density at radius 3 is 2.38 bits per heavy atom. The number of methoxy groups -OCH3 is 2. The number of fused-ring (bicyclic) bond motifs is 5. The van der Waals surface area contributed by atoms with Gasteiger partial charge >= 0.3 is 0 Å². The van der Waals surface area contributed by atoms with Gasteiger partial charge in [-0.25, -0.2) is 0 Å². The first-order chi connectivity index (χ1) is 11.4. The third kappa shape index (κ3) is 2.26. The molecule has 4 fully saturated rings. The number of carbonyl (C=O) groups is 1. The summed E-state index contributed by atoms with van der Waals surface area (Å²) in [4.78, 5) is 12.7. The monoisotopic (exact) mass is 334 g/mol. The highest BCUT2D eigenvalue weighted by Gasteiger charge is 2.59. The maximum Gasteiger partial charge on any atom is 0.167 e. The molecule has 0 aromatic heterocycles. The molecule has 3 nitrogen and oxygen atoms in total. The maximum atomic E-state index is 12.7. The molecule has 4 aliphatic rings. The molecule has 0 aromatic rings. The molecule has 0 spiro atoms. The van der Waals surface area contributed by atoms with Crippen molar-refractivity contribution in [1.82, 2.24) is 0 Å². The Labute approximate surface area is 146 Å². The van der Waals surface area contributed by atoms with Gasteiger partial charge in [0.1, 0.15) is 5.78 Å². The van der Waals surface area contributed by atoms with Crippen molar-refractivity contribution in [3.8, 4) is 0 Å². The van der Waals surface area contributed by atoms with E-state index >= 15 is 0 Å². The first-order valence-electron chi connectivity index (χ1n) is 10.1. The average Bonchev–Trinajstić information content (AvgIpc) is 2.84. The average molecular weight is 335 g/mol. The lowest BCUT2D eigenvalue weighted by Crippen LogP contribution is -2.51. The number of hydrogen-bond donors (Lipinski definition) is 0. The summed E-state index contributed by atoms with van der Waals surface area (Å²) in [6.45, 7) is 4.45. The van der Waals surface area contributed by atoms with E-state index in [9.17, 15) is 4.79 Å². The van der Waals surface area contributed by atoms with Crippen molar-refractivity contribution >= 4 is 5.78 Å². The van der Waals surface area contributed by atoms with E-state index in [-0.39, 0.29) is 17.1 Å². The van der Waals surface area contributed by atoms with E-state index in [1.165, 1.54) is 25.7 Å². The second kappa shape index (κ2) is 5.81. The van der Waals surface area contributed by atoms with Gasteiger partial charge in [0.2, 0.25) is 0 Å². The Bertz CT molecular complexity index is 511. The molecular formula is C21H34O3. The second-order valence-corrected chi connectivity index (χ2v) is 9.45. The van der Waals surface area contributed by atoms with Crippen LogP contribution < -0.4 is 0 Å². The summed E-state index contributed by atoms with van der Waals surface area (Å²) in [5, 5.41) is 0. The highest BCUT2D eigenvalue weighted by molar-refractivity contribution is 5.89. The van der Waals surface area contributed by atoms with Crippen LogP contribution in [0.1, 0.15) is 65.2 Å². The van der Waals surface area contributed by atoms with E-state index in [0.717, 1.165) is 49.4 Å². The van der Waals surface area contributed by atoms with Crippen LogP contribution in [0.15, 0.2) is 0 Å². The fraction of sp³-hybridized carbons (Fsp3) is 0.952. The van der Waals surface area contributed by atoms with Gasteiger partial charge in [0.25, 0.3) is 0 Å². The summed E-state index contributed by atoms with van der Waals surface area (Å²) in [6.07, 6.45) is 9.49. The van der Waals surface area contributed by atoms with Crippen LogP contribution >= 0.6 is 0 Å². The molecule has 0 radical (unpaired) electrons. The zero-order valence-corrected chi connectivity index (χ0v) is 15.8. The number of ether oxygens (including phenoxy) is 2. The van der Waals surface area contributed by atoms with Crippen molar-refractivity contribution in [2.75, 3.05) is 14.2 Å². The van der Waals surface area contributed by atoms with E-state index in [4.69, 9.17) is 9.47 Å². The molecule has 3 heteroatoms. The molecule has 0 bridgehead atoms. The largest absolute Gasteiger partial charge is 0.353 e. The summed E-state index contributed by atoms with van der Waals surface area (Å²) in [5.74, 6) is 4.37. The van der Waals surface area contributed by atoms with Crippen molar-refractivity contribution in [2.45, 2.75) is 71.0 Å². The van der Waals surface area contributed by atoms with Crippen LogP contribution in [0.3, 0.4) is 0 Å². The van der Waals surface area contributed by atoms with Gasteiger partial charge in [-0.2, -0.15) is 0 Å². The summed E-state index contributed by atoms with van der Waals surface area (Å²) < 4.78 is 11.5. The van der Waals surface area contributed by atoms with E-state index in [1.54, 1.807) is 14.2 Å². The minimum absolute atomic E-state index is 0.00902. The number of rotatable bonds is 2. The van der Waals surface area contributed by atoms with Crippen LogP contribution in [0.25, 0.3) is 0 Å². The van der Waals surface area contributed by atoms with Gasteiger partial charge in [-0.1, -0.05) is 13.8 Å². The van der Waals surface area contributed by atoms with Crippen LogP contribution in [0.4, 0.5) is 0 Å². The molecule has 4 saturated carbocycles. The predicted molar refractivity (Wildman–Crippen MR) is 93.4 cm³/mol. The third-order valence-corrected chi connectivity index (χ3v) is 8.70. The van der Waals surface area contributed by atoms with Crippen molar-refractivity contribution < 1.29 is 14.3 Å². The first kappa shape index (κ1) is 17.0. The van der Waals surface area contributed by atoms with Crippen LogP contribution in [-0.2, 0) is 14.3 Å². The van der Waals surface area contributed by atoms with E-state index in [1.807, 2.05) is 0 Å². The van der Waals surface area contributed by atoms with Gasteiger partial charge in [0.15, 0.2) is 5.79 Å². The zero-order chi connectivity index (χ0) is 17.1. The van der Waals surface area contributed by atoms with E-state index in [2.05, 4.69) is 13.8 Å². The van der Waals surface area contributed by atoms with Gasteiger partial charge in [0, 0.05) is 38.4 Å². The molecule has 0 aromatic carbocycles. The molecule has 4 aliphatic carbocycles. The molecule has 7 unspecified atom stereocenters. The minimum Gasteiger partial charge on any atom is -0.353 e. The van der Waals surface area contributed by atoms with Gasteiger partial charge < -0.3 is 9.47 Å². The van der Waals surface area contributed by atoms with Crippen LogP contribution in [0.2, 0.25) is 0 Å². The summed E-state index contributed by atoms with van der Waals surface area (Å²) in [7, 11) is 3.60. The molecule has 0 aliphatic heterocycles. The smallest absolute Gasteiger partial charge is 0.167 e. The van der Waals surface area contributed by atoms with Crippen molar-refractivity contribution in [3.05, 3.63) is 0 Å². The minimum atomic E-state index is -0.338. The Morgan fingerprint density at radius 1 is 0.958 bits per heavy atom. The van der Waals surface area contributed by atoms with E-state index in [0.29, 0.717) is 11.7 Å². The van der Waals surface area contributed by atoms with Gasteiger partial charge in [0.05, 0.1) is 0 Å². The Morgan fingerprint density at radius 2 is 1.67 bits per heavy atom. The van der Waals surface area contributed by atoms with Crippen molar-refractivity contribution in [2.24, 2.45) is 40.9 Å². The second-order valence-electron chi connectivity index (χ2n) is 9.45. The van der Waals surface area contributed by atoms with Crippen LogP contribution in [0, 0.1) is 40.9 Å². The highest BCUT2D eigenvalue weighted by atomic mass is 16.7. The molecule has 4 rings (SSSR count). The van der Waals surface area contributed by atoms with Crippen LogP contribution in [-0.4, -0.2) is 25.8 Å². The van der Waals surface area contributed by atoms with Gasteiger partial charge in [-0.05, 0) is 68.1 Å². The zero-order valence-electron chi connectivity index (χ0n) is 15.8. The summed E-state index contributed by atoms with van der Waals surface area (Å²) >= 11 is 0. The predicted octanol–water partition coefficient (Wildman–Crippen LogP) is 4.44. The molecule has 7 atom stereocenters. The lowest BCUT2D eigenvalue weighted by molar-refractivity contribution is -0.246. The highest BCUT2D eigenvalue weighted by Crippen LogP contribution is 2.62. The normalized spacial score (nSPS) is 50.1. The SMILES string of the molecule is COC1(OC)CCC2C(CCC3C2CCC2(C)C(=O)C(C)CC32)C1. The molecule has 136 valence electrons. The number of ketones is 1. The summed E-state index contributed by atoms with van der Waals surface area (Å²) in [5.41, 5.74) is -0.00902. The Balaban J connectivity index is 1.54.